The number of amides is 1. The Balaban J connectivity index is 2.21. The highest BCUT2D eigenvalue weighted by molar-refractivity contribution is 5.97. The molecule has 28 heavy (non-hydrogen) atoms. The summed E-state index contributed by atoms with van der Waals surface area (Å²) in [5, 5.41) is 2.82. The van der Waals surface area contributed by atoms with Crippen molar-refractivity contribution in [1.29, 1.82) is 0 Å². The number of hydrogen-bond acceptors (Lipinski definition) is 5. The van der Waals surface area contributed by atoms with Gasteiger partial charge in [0.05, 0.1) is 13.2 Å². The highest BCUT2D eigenvalue weighted by atomic mass is 16.6. The molecular weight excluding hydrogens is 358 g/mol. The molecule has 1 N–H and O–H groups in total. The van der Waals surface area contributed by atoms with E-state index in [4.69, 9.17) is 9.47 Å². The topological polar surface area (TPSA) is 81.7 Å². The van der Waals surface area contributed by atoms with E-state index in [1.165, 1.54) is 14.0 Å². The van der Waals surface area contributed by atoms with Crippen molar-refractivity contribution >= 4 is 17.7 Å². The number of carbonyl (C=O) groups excluding carboxylic acids is 3. The van der Waals surface area contributed by atoms with Crippen LogP contribution in [0, 0.1) is 0 Å². The lowest BCUT2D eigenvalue weighted by Crippen LogP contribution is -2.39. The summed E-state index contributed by atoms with van der Waals surface area (Å²) in [5.41, 5.74) is -0.357. The largest absolute Gasteiger partial charge is 0.467 e. The van der Waals surface area contributed by atoms with Gasteiger partial charge in [0.15, 0.2) is 11.4 Å². The first-order valence-electron chi connectivity index (χ1n) is 9.86. The van der Waals surface area contributed by atoms with Crippen LogP contribution in [0.2, 0.25) is 0 Å². The number of carbonyl (C=O) groups is 3. The van der Waals surface area contributed by atoms with Gasteiger partial charge >= 0.3 is 5.97 Å². The maximum Gasteiger partial charge on any atom is 0.337 e. The molecule has 0 fully saturated rings. The van der Waals surface area contributed by atoms with Crippen molar-refractivity contribution in [3.8, 4) is 0 Å². The average molecular weight is 392 g/mol. The Kier molecular flexibility index (Phi) is 10.5. The summed E-state index contributed by atoms with van der Waals surface area (Å²) in [5.74, 6) is -0.616. The molecule has 1 rings (SSSR count). The molecule has 6 nitrogen and oxygen atoms in total. The maximum absolute atomic E-state index is 12.2. The van der Waals surface area contributed by atoms with Crippen molar-refractivity contribution in [2.24, 2.45) is 0 Å². The minimum absolute atomic E-state index is 0.0253. The molecule has 0 aliphatic rings. The van der Waals surface area contributed by atoms with Crippen LogP contribution in [0.25, 0.3) is 0 Å². The fraction of sp³-hybridized carbons (Fsp3) is 0.591. The number of nitrogens with one attached hydrogen (secondary N) is 1. The molecule has 0 aromatic heterocycles. The van der Waals surface area contributed by atoms with E-state index in [-0.39, 0.29) is 17.7 Å². The molecule has 1 aromatic carbocycles. The lowest BCUT2D eigenvalue weighted by atomic mass is 10.0. The van der Waals surface area contributed by atoms with Gasteiger partial charge < -0.3 is 14.8 Å². The molecule has 1 unspecified atom stereocenters. The van der Waals surface area contributed by atoms with Crippen LogP contribution in [-0.4, -0.2) is 43.0 Å². The highest BCUT2D eigenvalue weighted by Crippen LogP contribution is 2.14. The van der Waals surface area contributed by atoms with Crippen LogP contribution in [0.1, 0.15) is 69.7 Å². The molecule has 0 bridgehead atoms. The van der Waals surface area contributed by atoms with Crippen LogP contribution in [-0.2, 0) is 19.1 Å². The Hall–Kier alpha value is -2.21. The molecule has 0 saturated carbocycles. The average Bonchev–Trinajstić information content (AvgIpc) is 2.68. The molecule has 0 radical (unpaired) electrons. The van der Waals surface area contributed by atoms with E-state index >= 15 is 0 Å². The molecule has 0 saturated heterocycles. The van der Waals surface area contributed by atoms with Crippen molar-refractivity contribution in [3.05, 3.63) is 35.9 Å². The lowest BCUT2D eigenvalue weighted by Gasteiger charge is -2.22. The Morgan fingerprint density at radius 3 is 2.21 bits per heavy atom. The van der Waals surface area contributed by atoms with Gasteiger partial charge in [-0.3, -0.25) is 9.59 Å². The predicted molar refractivity (Wildman–Crippen MR) is 108 cm³/mol. The van der Waals surface area contributed by atoms with E-state index in [1.54, 1.807) is 38.1 Å². The van der Waals surface area contributed by atoms with Crippen LogP contribution in [0.15, 0.2) is 30.3 Å². The van der Waals surface area contributed by atoms with Gasteiger partial charge in [0.1, 0.15) is 0 Å². The molecule has 6 heteroatoms. The van der Waals surface area contributed by atoms with E-state index in [9.17, 15) is 14.4 Å². The first kappa shape index (κ1) is 23.8. The monoisotopic (exact) mass is 391 g/mol. The number of esters is 1. The van der Waals surface area contributed by atoms with Crippen LogP contribution in [0.5, 0.6) is 0 Å². The SMILES string of the molecule is COC(=O)C(C)(C)OCCCCCCCC(NC(=O)c1ccccc1)C(C)=O. The number of Topliss-reactive ketones (excluding diaryl/α,β-unsaturated/α-hetero) is 1. The third-order valence-corrected chi connectivity index (χ3v) is 4.61. The number of hydrogen-bond donors (Lipinski definition) is 1. The zero-order chi connectivity index (χ0) is 21.0. The van der Waals surface area contributed by atoms with E-state index in [1.807, 2.05) is 6.07 Å². The second-order valence-corrected chi connectivity index (χ2v) is 7.41. The van der Waals surface area contributed by atoms with Crippen molar-refractivity contribution in [1.82, 2.24) is 5.32 Å². The van der Waals surface area contributed by atoms with Gasteiger partial charge in [-0.2, -0.15) is 0 Å². The van der Waals surface area contributed by atoms with Gasteiger partial charge in [-0.05, 0) is 45.7 Å². The zero-order valence-electron chi connectivity index (χ0n) is 17.5. The fourth-order valence-corrected chi connectivity index (χ4v) is 2.82. The summed E-state index contributed by atoms with van der Waals surface area (Å²) < 4.78 is 10.3. The number of unbranched alkanes of at least 4 members (excludes halogenated alkanes) is 4. The summed E-state index contributed by atoms with van der Waals surface area (Å²) in [6.07, 6.45) is 5.35. The van der Waals surface area contributed by atoms with Crippen molar-refractivity contribution < 1.29 is 23.9 Å². The predicted octanol–water partition coefficient (Wildman–Crippen LogP) is 3.68. The van der Waals surface area contributed by atoms with E-state index < -0.39 is 11.6 Å². The number of ether oxygens (including phenoxy) is 2. The minimum Gasteiger partial charge on any atom is -0.467 e. The number of rotatable bonds is 13. The molecular formula is C22H33NO5. The standard InChI is InChI=1S/C22H33NO5/c1-17(24)19(23-20(25)18-13-9-8-10-14-18)15-11-6-5-7-12-16-28-22(2,3)21(26)27-4/h8-10,13-14,19H,5-7,11-12,15-16H2,1-4H3,(H,23,25). The second-order valence-electron chi connectivity index (χ2n) is 7.41. The number of ketones is 1. The first-order chi connectivity index (χ1) is 13.3. The van der Waals surface area contributed by atoms with Gasteiger partial charge in [-0.15, -0.1) is 0 Å². The second kappa shape index (κ2) is 12.3. The van der Waals surface area contributed by atoms with Crippen LogP contribution in [0.3, 0.4) is 0 Å². The highest BCUT2D eigenvalue weighted by Gasteiger charge is 2.29. The number of benzene rings is 1. The minimum atomic E-state index is -0.916. The van der Waals surface area contributed by atoms with Crippen LogP contribution < -0.4 is 5.32 Å². The molecule has 0 spiro atoms. The molecule has 156 valence electrons. The van der Waals surface area contributed by atoms with Gasteiger partial charge in [0, 0.05) is 12.2 Å². The maximum atomic E-state index is 12.2. The Bertz CT molecular complexity index is 627. The van der Waals surface area contributed by atoms with Gasteiger partial charge in [-0.25, -0.2) is 4.79 Å². The number of methoxy groups -OCH3 is 1. The van der Waals surface area contributed by atoms with Gasteiger partial charge in [0.2, 0.25) is 0 Å². The molecule has 0 aliphatic carbocycles. The van der Waals surface area contributed by atoms with Crippen LogP contribution >= 0.6 is 0 Å². The normalized spacial score (nSPS) is 12.3. The summed E-state index contributed by atoms with van der Waals surface area (Å²) in [7, 11) is 1.35. The first-order valence-corrected chi connectivity index (χ1v) is 9.86. The Morgan fingerprint density at radius 1 is 1.00 bits per heavy atom. The van der Waals surface area contributed by atoms with E-state index in [0.717, 1.165) is 32.1 Å². The molecule has 0 aliphatic heterocycles. The summed E-state index contributed by atoms with van der Waals surface area (Å²) >= 11 is 0. The van der Waals surface area contributed by atoms with Crippen molar-refractivity contribution in [2.45, 2.75) is 70.9 Å². The third kappa shape index (κ3) is 8.65. The molecule has 1 amide bonds. The zero-order valence-corrected chi connectivity index (χ0v) is 17.5. The molecule has 0 heterocycles. The van der Waals surface area contributed by atoms with Crippen molar-refractivity contribution in [3.63, 3.8) is 0 Å². The van der Waals surface area contributed by atoms with Crippen molar-refractivity contribution in [2.75, 3.05) is 13.7 Å². The summed E-state index contributed by atoms with van der Waals surface area (Å²) in [6.45, 7) is 5.41. The Labute approximate surface area is 168 Å². The summed E-state index contributed by atoms with van der Waals surface area (Å²) in [6, 6.07) is 8.46. The fourth-order valence-electron chi connectivity index (χ4n) is 2.82. The van der Waals surface area contributed by atoms with Crippen LogP contribution in [0.4, 0.5) is 0 Å². The third-order valence-electron chi connectivity index (χ3n) is 4.61. The summed E-state index contributed by atoms with van der Waals surface area (Å²) in [4.78, 5) is 35.5. The lowest BCUT2D eigenvalue weighted by molar-refractivity contribution is -0.165. The van der Waals surface area contributed by atoms with Gasteiger partial charge in [0.25, 0.3) is 5.91 Å². The molecule has 1 atom stereocenters. The van der Waals surface area contributed by atoms with E-state index in [0.29, 0.717) is 18.6 Å². The smallest absolute Gasteiger partial charge is 0.337 e. The Morgan fingerprint density at radius 2 is 1.61 bits per heavy atom. The molecule has 1 aromatic rings. The van der Waals surface area contributed by atoms with Gasteiger partial charge in [-0.1, -0.05) is 43.9 Å². The quantitative estimate of drug-likeness (QED) is 0.410. The van der Waals surface area contributed by atoms with E-state index in [2.05, 4.69) is 5.32 Å².